The van der Waals surface area contributed by atoms with Gasteiger partial charge in [-0.15, -0.1) is 0 Å². The molecular weight excluding hydrogens is 430 g/mol. The molecular formula is C24H26BrNO3. The second-order valence-electron chi connectivity index (χ2n) is 9.54. The quantitative estimate of drug-likeness (QED) is 0.370. The summed E-state index contributed by atoms with van der Waals surface area (Å²) in [6, 6.07) is 17.4. The van der Waals surface area contributed by atoms with Crippen LogP contribution >= 0.6 is 0 Å². The fourth-order valence-corrected chi connectivity index (χ4v) is 6.24. The number of carbonyl (C=O) groups excluding carboxylic acids is 1. The lowest BCUT2D eigenvalue weighted by atomic mass is 9.80. The van der Waals surface area contributed by atoms with Crippen molar-refractivity contribution in [2.24, 2.45) is 0 Å². The minimum absolute atomic E-state index is 0. The number of halogens is 1. The van der Waals surface area contributed by atoms with Gasteiger partial charge in [0, 0.05) is 12.8 Å². The van der Waals surface area contributed by atoms with E-state index in [0.29, 0.717) is 24.3 Å². The molecule has 1 unspecified atom stereocenters. The normalized spacial score (nSPS) is 33.7. The lowest BCUT2D eigenvalue weighted by Crippen LogP contribution is -3.00. The number of morpholine rings is 1. The Bertz CT molecular complexity index is 938. The van der Waals surface area contributed by atoms with E-state index in [-0.39, 0.29) is 29.1 Å². The van der Waals surface area contributed by atoms with Gasteiger partial charge in [0.05, 0.1) is 14.1 Å². The Hall–Kier alpha value is -1.69. The molecule has 0 spiro atoms. The summed E-state index contributed by atoms with van der Waals surface area (Å²) in [4.78, 5) is 13.6. The molecule has 4 nitrogen and oxygen atoms in total. The van der Waals surface area contributed by atoms with Crippen molar-refractivity contribution in [3.8, 4) is 11.1 Å². The summed E-state index contributed by atoms with van der Waals surface area (Å²) >= 11 is 0. The fraction of sp³-hybridized carbons (Fsp3) is 0.458. The second kappa shape index (κ2) is 6.16. The van der Waals surface area contributed by atoms with Crippen molar-refractivity contribution in [1.82, 2.24) is 0 Å². The molecule has 0 aromatic heterocycles. The Morgan fingerprint density at radius 1 is 0.966 bits per heavy atom. The van der Waals surface area contributed by atoms with Crippen LogP contribution in [0.4, 0.5) is 0 Å². The monoisotopic (exact) mass is 455 g/mol. The summed E-state index contributed by atoms with van der Waals surface area (Å²) in [5.74, 6) is -0.115. The third-order valence-corrected chi connectivity index (χ3v) is 7.94. The van der Waals surface area contributed by atoms with Crippen LogP contribution in [-0.2, 0) is 19.7 Å². The van der Waals surface area contributed by atoms with Crippen molar-refractivity contribution in [1.29, 1.82) is 0 Å². The van der Waals surface area contributed by atoms with E-state index in [0.717, 1.165) is 39.6 Å². The Balaban J connectivity index is 0.00000181. The van der Waals surface area contributed by atoms with Crippen molar-refractivity contribution >= 4 is 5.97 Å². The molecule has 1 aliphatic carbocycles. The number of hydrogen-bond donors (Lipinski definition) is 0. The van der Waals surface area contributed by atoms with Crippen LogP contribution in [0, 0.1) is 0 Å². The van der Waals surface area contributed by atoms with Crippen molar-refractivity contribution < 1.29 is 35.7 Å². The standard InChI is InChI=1S/C24H26NO3.BrH/c1-24(17-10-6-4-8-15(17)16-9-5-7-11-18(16)24)23(26)27-14-12-19-21-22(28-21)20(13-14)25(19,2)3;/h4-11,14,19-22H,12-13H2,1-3H3;1H/q+1;/p-1/t14?,19-,20+,21-,22+;. The first-order valence-electron chi connectivity index (χ1n) is 10.3. The molecule has 2 bridgehead atoms. The van der Waals surface area contributed by atoms with Gasteiger partial charge in [0.2, 0.25) is 0 Å². The largest absolute Gasteiger partial charge is 1.00 e. The zero-order valence-electron chi connectivity index (χ0n) is 17.0. The Kier molecular flexibility index (Phi) is 4.10. The van der Waals surface area contributed by atoms with Gasteiger partial charge in [-0.3, -0.25) is 4.79 Å². The van der Waals surface area contributed by atoms with Gasteiger partial charge in [0.25, 0.3) is 0 Å². The number of benzene rings is 2. The van der Waals surface area contributed by atoms with Crippen LogP contribution in [0.15, 0.2) is 48.5 Å². The van der Waals surface area contributed by atoms with E-state index in [1.807, 2.05) is 31.2 Å². The van der Waals surface area contributed by atoms with Gasteiger partial charge in [-0.05, 0) is 29.2 Å². The number of hydrogen-bond acceptors (Lipinski definition) is 3. The molecule has 4 aliphatic rings. The number of esters is 1. The van der Waals surface area contributed by atoms with Crippen molar-refractivity contribution in [3.63, 3.8) is 0 Å². The number of quaternary nitrogens is 1. The molecule has 29 heavy (non-hydrogen) atoms. The van der Waals surface area contributed by atoms with E-state index in [2.05, 4.69) is 38.4 Å². The minimum Gasteiger partial charge on any atom is -1.00 e. The molecule has 152 valence electrons. The summed E-state index contributed by atoms with van der Waals surface area (Å²) < 4.78 is 13.1. The maximum absolute atomic E-state index is 13.6. The molecule has 0 amide bonds. The average molecular weight is 456 g/mol. The van der Waals surface area contributed by atoms with Crippen molar-refractivity contribution in [3.05, 3.63) is 59.7 Å². The van der Waals surface area contributed by atoms with E-state index >= 15 is 0 Å². The third-order valence-electron chi connectivity index (χ3n) is 7.94. The maximum Gasteiger partial charge on any atom is 0.321 e. The highest BCUT2D eigenvalue weighted by molar-refractivity contribution is 5.97. The Labute approximate surface area is 182 Å². The average Bonchev–Trinajstić information content (AvgIpc) is 3.40. The van der Waals surface area contributed by atoms with Crippen LogP contribution in [0.3, 0.4) is 0 Å². The minimum atomic E-state index is -0.743. The maximum atomic E-state index is 13.6. The van der Waals surface area contributed by atoms with Crippen molar-refractivity contribution in [2.45, 2.75) is 55.6 Å². The van der Waals surface area contributed by atoms with E-state index in [9.17, 15) is 4.79 Å². The van der Waals surface area contributed by atoms with Gasteiger partial charge in [0.1, 0.15) is 35.8 Å². The highest BCUT2D eigenvalue weighted by atomic mass is 79.9. The van der Waals surface area contributed by atoms with Crippen LogP contribution < -0.4 is 17.0 Å². The van der Waals surface area contributed by atoms with Gasteiger partial charge in [0.15, 0.2) is 0 Å². The third kappa shape index (κ3) is 2.41. The van der Waals surface area contributed by atoms with E-state index < -0.39 is 5.41 Å². The number of nitrogens with zero attached hydrogens (tertiary/aromatic N) is 1. The molecule has 3 heterocycles. The zero-order valence-corrected chi connectivity index (χ0v) is 18.6. The lowest BCUT2D eigenvalue weighted by molar-refractivity contribution is -0.938. The predicted octanol–water partition coefficient (Wildman–Crippen LogP) is 0.277. The summed E-state index contributed by atoms with van der Waals surface area (Å²) in [5, 5.41) is 0. The second-order valence-corrected chi connectivity index (χ2v) is 9.54. The van der Waals surface area contributed by atoms with Gasteiger partial charge >= 0.3 is 5.97 Å². The van der Waals surface area contributed by atoms with Crippen LogP contribution in [0.2, 0.25) is 0 Å². The molecule has 6 rings (SSSR count). The lowest BCUT2D eigenvalue weighted by Gasteiger charge is -2.45. The molecule has 3 aliphatic heterocycles. The number of likely N-dealkylation sites (N-methyl/N-ethyl adjacent to an activating group) is 1. The summed E-state index contributed by atoms with van der Waals surface area (Å²) in [5.41, 5.74) is 3.67. The Morgan fingerprint density at radius 2 is 1.45 bits per heavy atom. The molecule has 3 saturated heterocycles. The van der Waals surface area contributed by atoms with E-state index in [1.165, 1.54) is 0 Å². The van der Waals surface area contributed by atoms with Crippen LogP contribution in [0.25, 0.3) is 11.1 Å². The molecule has 0 N–H and O–H groups in total. The summed E-state index contributed by atoms with van der Waals surface area (Å²) in [7, 11) is 4.60. The predicted molar refractivity (Wildman–Crippen MR) is 106 cm³/mol. The van der Waals surface area contributed by atoms with Gasteiger partial charge in [-0.2, -0.15) is 0 Å². The zero-order chi connectivity index (χ0) is 19.3. The highest BCUT2D eigenvalue weighted by Crippen LogP contribution is 2.53. The topological polar surface area (TPSA) is 38.8 Å². The molecule has 3 fully saturated rings. The molecule has 5 heteroatoms. The van der Waals surface area contributed by atoms with Crippen LogP contribution in [0.1, 0.15) is 30.9 Å². The fourth-order valence-electron chi connectivity index (χ4n) is 6.24. The first-order valence-corrected chi connectivity index (χ1v) is 10.3. The molecule has 2 aromatic carbocycles. The van der Waals surface area contributed by atoms with Crippen LogP contribution in [0.5, 0.6) is 0 Å². The van der Waals surface area contributed by atoms with Gasteiger partial charge in [-0.25, -0.2) is 0 Å². The molecule has 5 atom stereocenters. The first-order chi connectivity index (χ1) is 13.4. The van der Waals surface area contributed by atoms with Gasteiger partial charge < -0.3 is 30.9 Å². The smallest absolute Gasteiger partial charge is 0.321 e. The molecule has 0 saturated carbocycles. The number of epoxide rings is 1. The SMILES string of the molecule is CC1(C(=O)OC2C[C@@H]3[C@H]4O[C@H]4[C@H](C2)[N+]3(C)C)c2ccccc2-c2ccccc21.[Br-]. The number of rotatable bonds is 2. The summed E-state index contributed by atoms with van der Waals surface area (Å²) in [6.07, 6.45) is 2.52. The molecule has 0 radical (unpaired) electrons. The number of carbonyl (C=O) groups is 1. The van der Waals surface area contributed by atoms with E-state index in [4.69, 9.17) is 9.47 Å². The number of piperidine rings is 1. The number of ether oxygens (including phenoxy) is 2. The summed E-state index contributed by atoms with van der Waals surface area (Å²) in [6.45, 7) is 2.03. The highest BCUT2D eigenvalue weighted by Gasteiger charge is 2.71. The van der Waals surface area contributed by atoms with Crippen LogP contribution in [-0.4, -0.2) is 54.9 Å². The Morgan fingerprint density at radius 3 is 1.97 bits per heavy atom. The van der Waals surface area contributed by atoms with E-state index in [1.54, 1.807) is 0 Å². The van der Waals surface area contributed by atoms with Gasteiger partial charge in [-0.1, -0.05) is 48.5 Å². The first kappa shape index (κ1) is 19.3. The van der Waals surface area contributed by atoms with Crippen molar-refractivity contribution in [2.75, 3.05) is 14.1 Å². The molecule has 2 aromatic rings. The number of fused-ring (bicyclic) bond motifs is 8.